The smallest absolute Gasteiger partial charge is 0.364 e. The van der Waals surface area contributed by atoms with Crippen molar-refractivity contribution in [3.05, 3.63) is 0 Å². The van der Waals surface area contributed by atoms with Crippen LogP contribution in [0.4, 0.5) is 0 Å². The molecule has 0 aromatic carbocycles. The number of carboxylic acids is 1. The van der Waals surface area contributed by atoms with Crippen LogP contribution in [-0.2, 0) is 52.3 Å². The highest BCUT2D eigenvalue weighted by atomic mass is 16.8. The number of ether oxygens (including phenoxy) is 7. The van der Waals surface area contributed by atoms with Crippen LogP contribution in [0.5, 0.6) is 0 Å². The van der Waals surface area contributed by atoms with E-state index in [1.54, 1.807) is 0 Å². The Hall–Kier alpha value is -2.88. The zero-order valence-electron chi connectivity index (χ0n) is 32.4. The normalized spacial score (nSPS) is 43.3. The fraction of sp³-hybridized carbons (Fsp3) is 0.879. The van der Waals surface area contributed by atoms with E-state index in [9.17, 15) is 85.6 Å². The number of carbonyl (C=O) groups excluding carboxylic acids is 3. The summed E-state index contributed by atoms with van der Waals surface area (Å²) in [5, 5.41) is 145. The predicted molar refractivity (Wildman–Crippen MR) is 186 cm³/mol. The van der Waals surface area contributed by atoms with Gasteiger partial charge in [-0.2, -0.15) is 0 Å². The summed E-state index contributed by atoms with van der Waals surface area (Å²) in [4.78, 5) is 49.4. The number of hydrogen-bond donors (Lipinski definition) is 16. The van der Waals surface area contributed by atoms with Gasteiger partial charge in [0.05, 0.1) is 38.6 Å². The number of carboxylic acid groups (broad SMARTS) is 1. The summed E-state index contributed by atoms with van der Waals surface area (Å²) in [6, 6.07) is -4.91. The first-order chi connectivity index (χ1) is 28.1. The molecule has 0 aromatic rings. The Labute approximate surface area is 340 Å². The van der Waals surface area contributed by atoms with Crippen LogP contribution in [-0.4, -0.2) is 245 Å². The minimum Gasteiger partial charge on any atom is -0.477 e. The first kappa shape index (κ1) is 49.8. The molecule has 0 aliphatic carbocycles. The van der Waals surface area contributed by atoms with Crippen LogP contribution < -0.4 is 16.0 Å². The Morgan fingerprint density at radius 3 is 1.60 bits per heavy atom. The first-order valence-electron chi connectivity index (χ1n) is 18.7. The molecule has 0 radical (unpaired) electrons. The maximum absolute atomic E-state index is 12.9. The number of rotatable bonds is 16. The van der Waals surface area contributed by atoms with Crippen LogP contribution in [0.1, 0.15) is 27.2 Å². The van der Waals surface area contributed by atoms with Gasteiger partial charge in [0.25, 0.3) is 5.79 Å². The van der Waals surface area contributed by atoms with Crippen molar-refractivity contribution in [3.63, 3.8) is 0 Å². The summed E-state index contributed by atoms with van der Waals surface area (Å²) in [6.07, 6.45) is -34.4. The maximum atomic E-state index is 12.9. The largest absolute Gasteiger partial charge is 0.477 e. The quantitative estimate of drug-likeness (QED) is 0.0684. The van der Waals surface area contributed by atoms with Crippen molar-refractivity contribution in [2.45, 2.75) is 155 Å². The molecular formula is C33H55N3O24. The van der Waals surface area contributed by atoms with E-state index in [0.29, 0.717) is 0 Å². The molecule has 4 fully saturated rings. The number of carbonyl (C=O) groups is 4. The van der Waals surface area contributed by atoms with Gasteiger partial charge in [-0.3, -0.25) is 14.4 Å². The Balaban J connectivity index is 1.71. The van der Waals surface area contributed by atoms with E-state index in [-0.39, 0.29) is 0 Å². The van der Waals surface area contributed by atoms with Crippen LogP contribution in [0.25, 0.3) is 0 Å². The topological polar surface area (TPSA) is 432 Å². The van der Waals surface area contributed by atoms with E-state index in [1.165, 1.54) is 0 Å². The summed E-state index contributed by atoms with van der Waals surface area (Å²) in [5.41, 5.74) is 0. The minimum atomic E-state index is -3.15. The molecule has 0 saturated carbocycles. The van der Waals surface area contributed by atoms with E-state index in [4.69, 9.17) is 33.2 Å². The molecule has 3 amide bonds. The Bertz CT molecular complexity index is 1470. The molecule has 346 valence electrons. The zero-order chi connectivity index (χ0) is 45.0. The van der Waals surface area contributed by atoms with Crippen molar-refractivity contribution in [1.82, 2.24) is 16.0 Å². The third-order valence-corrected chi connectivity index (χ3v) is 10.4. The summed E-state index contributed by atoms with van der Waals surface area (Å²) < 4.78 is 39.6. The molecule has 0 bridgehead atoms. The highest BCUT2D eigenvalue weighted by molar-refractivity contribution is 5.77. The fourth-order valence-corrected chi connectivity index (χ4v) is 7.45. The van der Waals surface area contributed by atoms with E-state index in [2.05, 4.69) is 16.0 Å². The summed E-state index contributed by atoms with van der Waals surface area (Å²) in [7, 11) is 0. The van der Waals surface area contributed by atoms with Crippen LogP contribution in [0.2, 0.25) is 0 Å². The van der Waals surface area contributed by atoms with Gasteiger partial charge >= 0.3 is 5.97 Å². The average Bonchev–Trinajstić information content (AvgIpc) is 3.18. The van der Waals surface area contributed by atoms with Gasteiger partial charge in [-0.15, -0.1) is 0 Å². The second kappa shape index (κ2) is 21.0. The molecular weight excluding hydrogens is 822 g/mol. The predicted octanol–water partition coefficient (Wildman–Crippen LogP) is -10.1. The van der Waals surface area contributed by atoms with Crippen molar-refractivity contribution in [1.29, 1.82) is 0 Å². The molecule has 4 saturated heterocycles. The lowest BCUT2D eigenvalue weighted by atomic mass is 9.88. The fourth-order valence-electron chi connectivity index (χ4n) is 7.45. The molecule has 0 aromatic heterocycles. The highest BCUT2D eigenvalue weighted by Gasteiger charge is 2.60. The number of aliphatic hydroxyl groups excluding tert-OH is 12. The molecule has 0 spiro atoms. The maximum Gasteiger partial charge on any atom is 0.364 e. The van der Waals surface area contributed by atoms with Gasteiger partial charge in [-0.1, -0.05) is 0 Å². The molecule has 4 aliphatic heterocycles. The highest BCUT2D eigenvalue weighted by Crippen LogP contribution is 2.39. The molecule has 60 heavy (non-hydrogen) atoms. The van der Waals surface area contributed by atoms with Crippen molar-refractivity contribution in [3.8, 4) is 0 Å². The van der Waals surface area contributed by atoms with E-state index in [1.807, 2.05) is 0 Å². The summed E-state index contributed by atoms with van der Waals surface area (Å²) >= 11 is 0. The van der Waals surface area contributed by atoms with Crippen molar-refractivity contribution in [2.24, 2.45) is 0 Å². The van der Waals surface area contributed by atoms with E-state index >= 15 is 0 Å². The van der Waals surface area contributed by atoms with Crippen molar-refractivity contribution < 1.29 is 119 Å². The summed E-state index contributed by atoms with van der Waals surface area (Å²) in [6.45, 7) is -0.956. The van der Waals surface area contributed by atoms with Gasteiger partial charge in [0.1, 0.15) is 91.4 Å². The average molecular weight is 878 g/mol. The molecule has 0 unspecified atom stereocenters. The lowest BCUT2D eigenvalue weighted by molar-refractivity contribution is -0.383. The third-order valence-electron chi connectivity index (χ3n) is 10.4. The zero-order valence-corrected chi connectivity index (χ0v) is 32.4. The number of hydrogen-bond acceptors (Lipinski definition) is 23. The number of nitrogens with one attached hydrogen (secondary N) is 3. The Kier molecular flexibility index (Phi) is 17.4. The second-order valence-corrected chi connectivity index (χ2v) is 14.8. The third kappa shape index (κ3) is 10.8. The van der Waals surface area contributed by atoms with Crippen LogP contribution in [0.3, 0.4) is 0 Å². The Morgan fingerprint density at radius 1 is 0.650 bits per heavy atom. The van der Waals surface area contributed by atoms with Gasteiger partial charge in [0.2, 0.25) is 17.7 Å². The van der Waals surface area contributed by atoms with Gasteiger partial charge in [-0.05, 0) is 0 Å². The molecule has 21 atom stereocenters. The van der Waals surface area contributed by atoms with Crippen molar-refractivity contribution >= 4 is 23.7 Å². The van der Waals surface area contributed by atoms with Crippen molar-refractivity contribution in [2.75, 3.05) is 26.4 Å². The van der Waals surface area contributed by atoms with Gasteiger partial charge in [0.15, 0.2) is 18.9 Å². The van der Waals surface area contributed by atoms with Gasteiger partial charge in [0, 0.05) is 27.2 Å². The number of aliphatic carboxylic acids is 1. The van der Waals surface area contributed by atoms with E-state index in [0.717, 1.165) is 20.8 Å². The first-order valence-corrected chi connectivity index (χ1v) is 18.7. The lowest BCUT2D eigenvalue weighted by Gasteiger charge is -2.51. The molecule has 27 heteroatoms. The molecule has 16 N–H and O–H groups in total. The second-order valence-electron chi connectivity index (χ2n) is 14.8. The van der Waals surface area contributed by atoms with Crippen LogP contribution >= 0.6 is 0 Å². The molecule has 27 nitrogen and oxygen atoms in total. The monoisotopic (exact) mass is 877 g/mol. The molecule has 4 aliphatic rings. The van der Waals surface area contributed by atoms with Gasteiger partial charge in [-0.25, -0.2) is 4.79 Å². The molecule has 4 heterocycles. The summed E-state index contributed by atoms with van der Waals surface area (Å²) in [5.74, 6) is -7.56. The van der Waals surface area contributed by atoms with E-state index < -0.39 is 185 Å². The standard InChI is InChI=1S/C33H55N3O24/c1-9(41)34-17-12(44)4-33(32(52)53,59-27(17)20(46)13(45)5-37)60-28-23(49)16(8-40)56-31(24(28)50)58-26-19(36-11(3)43)30(55-15(7-39)22(26)48)57-25-18(35-10(2)42)29(51)54-14(6-38)21(25)47/h12-31,37-40,44-51H,4-8H2,1-3H3,(H,34,41)(H,35,42)(H,36,43)(H,52,53)/t12-,13+,14+,15+,16+,17+,18+,19+,20+,21-,22+,23-,24+,25+,26+,27+,28-,29-,30-,31-,33-/m0/s1. The molecule has 4 rings (SSSR count). The Morgan fingerprint density at radius 2 is 1.10 bits per heavy atom. The minimum absolute atomic E-state index is 0.737. The lowest BCUT2D eigenvalue weighted by Crippen LogP contribution is -2.72. The van der Waals surface area contributed by atoms with Crippen LogP contribution in [0.15, 0.2) is 0 Å². The van der Waals surface area contributed by atoms with Gasteiger partial charge < -0.3 is 115 Å². The number of aliphatic hydroxyl groups is 12. The number of amides is 3. The van der Waals surface area contributed by atoms with Crippen LogP contribution in [0, 0.1) is 0 Å². The SMILES string of the molecule is CC(=O)N[C@@H]1[C@@H](O[C@@H]2O[C@H](CO)[C@@H](O)[C@H](O[C@@H]3O[C@H](CO)[C@H](O)[C@H](O[C@]4(C(=O)O)C[C@H](O)[C@@H](NC(C)=O)[C@H]([C@H](O)[C@H](O)CO)O4)[C@H]3O)[C@H]2NC(C)=O)[C@@H](O)[C@@H](CO)O[C@@H]1O.